The smallest absolute Gasteiger partial charge is 0.318 e. The van der Waals surface area contributed by atoms with Crippen LogP contribution in [-0.4, -0.2) is 22.4 Å². The number of hydrazone groups is 1. The average Bonchev–Trinajstić information content (AvgIpc) is 2.65. The molecule has 2 rings (SSSR count). The monoisotopic (exact) mass is 394 g/mol. The second-order valence-electron chi connectivity index (χ2n) is 5.48. The van der Waals surface area contributed by atoms with Crippen molar-refractivity contribution in [2.24, 2.45) is 5.10 Å². The van der Waals surface area contributed by atoms with Gasteiger partial charge < -0.3 is 5.32 Å². The predicted molar refractivity (Wildman–Crippen MR) is 93.5 cm³/mol. The number of nitro benzene ring substituents is 1. The minimum Gasteiger partial charge on any atom is -0.318 e. The van der Waals surface area contributed by atoms with Gasteiger partial charge in [-0.05, 0) is 25.1 Å². The highest BCUT2D eigenvalue weighted by atomic mass is 19.4. The van der Waals surface area contributed by atoms with Gasteiger partial charge in [-0.2, -0.15) is 18.3 Å². The Morgan fingerprint density at radius 1 is 1.07 bits per heavy atom. The van der Waals surface area contributed by atoms with Crippen molar-refractivity contribution in [1.29, 1.82) is 0 Å². The molecule has 2 aromatic rings. The summed E-state index contributed by atoms with van der Waals surface area (Å²) in [5.41, 5.74) is 1.09. The fraction of sp³-hybridized carbons (Fsp3) is 0.118. The fourth-order valence-corrected chi connectivity index (χ4v) is 2.06. The van der Waals surface area contributed by atoms with Crippen molar-refractivity contribution in [3.8, 4) is 0 Å². The number of hydrogen-bond acceptors (Lipinski definition) is 5. The summed E-state index contributed by atoms with van der Waals surface area (Å²) in [5.74, 6) is -2.45. The summed E-state index contributed by atoms with van der Waals surface area (Å²) < 4.78 is 38.0. The maximum absolute atomic E-state index is 12.7. The first kappa shape index (κ1) is 20.6. The van der Waals surface area contributed by atoms with Gasteiger partial charge in [0.2, 0.25) is 0 Å². The van der Waals surface area contributed by atoms with Crippen LogP contribution in [0.15, 0.2) is 53.6 Å². The topological polar surface area (TPSA) is 114 Å². The predicted octanol–water partition coefficient (Wildman–Crippen LogP) is 3.09. The molecule has 8 nitrogen and oxygen atoms in total. The Bertz CT molecular complexity index is 957. The Morgan fingerprint density at radius 2 is 1.75 bits per heavy atom. The van der Waals surface area contributed by atoms with Gasteiger partial charge in [-0.1, -0.05) is 18.2 Å². The molecule has 2 amide bonds. The Labute approximate surface area is 156 Å². The first-order valence-corrected chi connectivity index (χ1v) is 7.65. The maximum atomic E-state index is 12.7. The summed E-state index contributed by atoms with van der Waals surface area (Å²) in [7, 11) is 0. The number of nitro groups is 1. The van der Waals surface area contributed by atoms with Crippen LogP contribution in [0.2, 0.25) is 0 Å². The van der Waals surface area contributed by atoms with Crippen LogP contribution in [0.25, 0.3) is 0 Å². The molecular weight excluding hydrogens is 381 g/mol. The number of benzene rings is 2. The highest BCUT2D eigenvalue weighted by Crippen LogP contribution is 2.30. The third-order valence-electron chi connectivity index (χ3n) is 3.45. The molecule has 0 saturated heterocycles. The van der Waals surface area contributed by atoms with E-state index < -0.39 is 28.5 Å². The lowest BCUT2D eigenvalue weighted by atomic mass is 10.1. The second kappa shape index (κ2) is 8.29. The van der Waals surface area contributed by atoms with Crippen molar-refractivity contribution in [3.63, 3.8) is 0 Å². The summed E-state index contributed by atoms with van der Waals surface area (Å²) >= 11 is 0. The molecule has 0 atom stereocenters. The van der Waals surface area contributed by atoms with E-state index in [4.69, 9.17) is 0 Å². The summed E-state index contributed by atoms with van der Waals surface area (Å²) in [4.78, 5) is 33.7. The van der Waals surface area contributed by atoms with Gasteiger partial charge >= 0.3 is 18.0 Å². The molecule has 0 saturated carbocycles. The quantitative estimate of drug-likeness (QED) is 0.359. The molecule has 2 aromatic carbocycles. The van der Waals surface area contributed by atoms with Crippen LogP contribution < -0.4 is 10.7 Å². The first-order chi connectivity index (χ1) is 13.1. The van der Waals surface area contributed by atoms with Gasteiger partial charge in [-0.15, -0.1) is 0 Å². The Kier molecular flexibility index (Phi) is 6.08. The molecule has 0 aliphatic rings. The minimum atomic E-state index is -4.59. The van der Waals surface area contributed by atoms with Crippen molar-refractivity contribution >= 4 is 28.9 Å². The zero-order valence-corrected chi connectivity index (χ0v) is 14.3. The molecule has 0 heterocycles. The number of alkyl halides is 3. The van der Waals surface area contributed by atoms with Crippen LogP contribution in [0.4, 0.5) is 24.5 Å². The SMILES string of the molecule is C/C(=N\NC(=O)C(=O)Nc1cccc(C(F)(F)F)c1)c1cccc([N+](=O)[O-])c1. The molecule has 11 heteroatoms. The van der Waals surface area contributed by atoms with E-state index in [-0.39, 0.29) is 17.1 Å². The van der Waals surface area contributed by atoms with Crippen LogP contribution in [0.5, 0.6) is 0 Å². The number of amides is 2. The van der Waals surface area contributed by atoms with Gasteiger partial charge in [0.15, 0.2) is 0 Å². The molecule has 0 spiro atoms. The van der Waals surface area contributed by atoms with E-state index in [9.17, 15) is 32.9 Å². The van der Waals surface area contributed by atoms with Gasteiger partial charge in [0.05, 0.1) is 16.2 Å². The molecule has 146 valence electrons. The van der Waals surface area contributed by atoms with Crippen LogP contribution in [0, 0.1) is 10.1 Å². The van der Waals surface area contributed by atoms with E-state index in [2.05, 4.69) is 5.10 Å². The molecule has 28 heavy (non-hydrogen) atoms. The molecule has 0 radical (unpaired) electrons. The minimum absolute atomic E-state index is 0.180. The average molecular weight is 394 g/mol. The van der Waals surface area contributed by atoms with E-state index in [1.165, 1.54) is 37.3 Å². The fourth-order valence-electron chi connectivity index (χ4n) is 2.06. The standard InChI is InChI=1S/C17H13F3N4O4/c1-10(11-4-2-7-14(8-11)24(27)28)22-23-16(26)15(25)21-13-6-3-5-12(9-13)17(18,19)20/h2-9H,1H3,(H,21,25)(H,23,26)/b22-10+. The number of hydrogen-bond donors (Lipinski definition) is 2. The number of carbonyl (C=O) groups excluding carboxylic acids is 2. The highest BCUT2D eigenvalue weighted by molar-refractivity contribution is 6.39. The Hall–Kier alpha value is -3.76. The normalized spacial score (nSPS) is 11.6. The molecular formula is C17H13F3N4O4. The van der Waals surface area contributed by atoms with Crippen molar-refractivity contribution in [2.75, 3.05) is 5.32 Å². The van der Waals surface area contributed by atoms with Gasteiger partial charge in [-0.3, -0.25) is 19.7 Å². The van der Waals surface area contributed by atoms with Crippen LogP contribution in [0.1, 0.15) is 18.1 Å². The summed E-state index contributed by atoms with van der Waals surface area (Å²) in [6, 6.07) is 9.23. The maximum Gasteiger partial charge on any atom is 0.416 e. The van der Waals surface area contributed by atoms with Crippen molar-refractivity contribution in [1.82, 2.24) is 5.43 Å². The largest absolute Gasteiger partial charge is 0.416 e. The second-order valence-corrected chi connectivity index (χ2v) is 5.48. The lowest BCUT2D eigenvalue weighted by molar-refractivity contribution is -0.384. The zero-order chi connectivity index (χ0) is 20.9. The van der Waals surface area contributed by atoms with Gasteiger partial charge in [0.1, 0.15) is 0 Å². The lowest BCUT2D eigenvalue weighted by Crippen LogP contribution is -2.33. The summed E-state index contributed by atoms with van der Waals surface area (Å²) in [6.45, 7) is 1.45. The number of non-ortho nitro benzene ring substituents is 1. The molecule has 0 aliphatic heterocycles. The van der Waals surface area contributed by atoms with Crippen LogP contribution in [0.3, 0.4) is 0 Å². The highest BCUT2D eigenvalue weighted by Gasteiger charge is 2.30. The summed E-state index contributed by atoms with van der Waals surface area (Å²) in [6.07, 6.45) is -4.59. The summed E-state index contributed by atoms with van der Waals surface area (Å²) in [5, 5.41) is 16.5. The molecule has 0 unspecified atom stereocenters. The molecule has 0 aromatic heterocycles. The van der Waals surface area contributed by atoms with E-state index in [1.54, 1.807) is 0 Å². The van der Waals surface area contributed by atoms with Crippen LogP contribution in [-0.2, 0) is 15.8 Å². The van der Waals surface area contributed by atoms with Gasteiger partial charge in [0.25, 0.3) is 5.69 Å². The third-order valence-corrected chi connectivity index (χ3v) is 3.45. The van der Waals surface area contributed by atoms with Crippen LogP contribution >= 0.6 is 0 Å². The Morgan fingerprint density at radius 3 is 2.39 bits per heavy atom. The number of nitrogens with zero attached hydrogens (tertiary/aromatic N) is 2. The number of carbonyl (C=O) groups is 2. The molecule has 0 bridgehead atoms. The molecule has 2 N–H and O–H groups in total. The van der Waals surface area contributed by atoms with Crippen molar-refractivity contribution in [3.05, 3.63) is 69.8 Å². The van der Waals surface area contributed by atoms with E-state index >= 15 is 0 Å². The van der Waals surface area contributed by atoms with E-state index in [0.717, 1.165) is 12.1 Å². The lowest BCUT2D eigenvalue weighted by Gasteiger charge is -2.09. The zero-order valence-electron chi connectivity index (χ0n) is 14.3. The number of nitrogens with one attached hydrogen (secondary N) is 2. The Balaban J connectivity index is 2.04. The third kappa shape index (κ3) is 5.37. The van der Waals surface area contributed by atoms with Crippen molar-refractivity contribution < 1.29 is 27.7 Å². The number of halogens is 3. The van der Waals surface area contributed by atoms with Crippen molar-refractivity contribution in [2.45, 2.75) is 13.1 Å². The van der Waals surface area contributed by atoms with Gasteiger partial charge in [-0.25, -0.2) is 5.43 Å². The number of anilines is 1. The van der Waals surface area contributed by atoms with E-state index in [0.29, 0.717) is 11.6 Å². The number of rotatable bonds is 4. The van der Waals surface area contributed by atoms with E-state index in [1.807, 2.05) is 10.7 Å². The first-order valence-electron chi connectivity index (χ1n) is 7.65. The molecule has 0 fully saturated rings. The molecule has 0 aliphatic carbocycles. The van der Waals surface area contributed by atoms with Gasteiger partial charge in [0, 0.05) is 23.4 Å².